The normalized spacial score (nSPS) is 12.3. The number of hydrogen-bond donors (Lipinski definition) is 0. The van der Waals surface area contributed by atoms with Crippen molar-refractivity contribution in [2.75, 3.05) is 0 Å². The van der Waals surface area contributed by atoms with Crippen molar-refractivity contribution in [3.8, 4) is 0 Å². The molecule has 1 heterocycles. The van der Waals surface area contributed by atoms with Gasteiger partial charge in [0.05, 0.1) is 5.39 Å². The van der Waals surface area contributed by atoms with Crippen LogP contribution in [0.2, 0.25) is 0 Å². The van der Waals surface area contributed by atoms with Gasteiger partial charge in [-0.3, -0.25) is 0 Å². The molecule has 0 fully saturated rings. The third kappa shape index (κ3) is 1.55. The third-order valence-electron chi connectivity index (χ3n) is 5.46. The van der Waals surface area contributed by atoms with E-state index in [9.17, 15) is 4.79 Å². The van der Waals surface area contributed by atoms with Crippen molar-refractivity contribution in [1.82, 2.24) is 0 Å². The van der Waals surface area contributed by atoms with Gasteiger partial charge in [-0.1, -0.05) is 58.9 Å². The lowest BCUT2D eigenvalue weighted by atomic mass is 9.88. The second-order valence-electron chi connectivity index (χ2n) is 6.71. The molecule has 0 aliphatic rings. The van der Waals surface area contributed by atoms with Crippen molar-refractivity contribution in [2.24, 2.45) is 0 Å². The Kier molecular flexibility index (Phi) is 2.54. The van der Waals surface area contributed by atoms with Crippen molar-refractivity contribution in [2.45, 2.75) is 0 Å². The molecule has 122 valence electrons. The summed E-state index contributed by atoms with van der Waals surface area (Å²) in [7, 11) is 0. The zero-order valence-corrected chi connectivity index (χ0v) is 15.2. The molecule has 0 bridgehead atoms. The monoisotopic (exact) mass is 398 g/mol. The molecule has 3 heteroatoms. The first-order valence-electron chi connectivity index (χ1n) is 8.38. The summed E-state index contributed by atoms with van der Waals surface area (Å²) in [6.07, 6.45) is 0. The highest BCUT2D eigenvalue weighted by Crippen LogP contribution is 2.43. The van der Waals surface area contributed by atoms with Crippen LogP contribution < -0.4 is 11.0 Å². The summed E-state index contributed by atoms with van der Waals surface area (Å²) in [6, 6.07) is 18.7. The van der Waals surface area contributed by atoms with Gasteiger partial charge in [0.25, 0.3) is 0 Å². The van der Waals surface area contributed by atoms with Gasteiger partial charge in [-0.15, -0.1) is 0 Å². The van der Waals surface area contributed by atoms with Gasteiger partial charge >= 0.3 is 5.63 Å². The summed E-state index contributed by atoms with van der Waals surface area (Å²) in [6.45, 7) is 3.94. The van der Waals surface area contributed by atoms with E-state index in [0.29, 0.717) is 10.8 Å². The molecule has 26 heavy (non-hydrogen) atoms. The van der Waals surface area contributed by atoms with E-state index in [1.807, 2.05) is 18.2 Å². The van der Waals surface area contributed by atoms with Gasteiger partial charge in [0.1, 0.15) is 5.42 Å². The quantitative estimate of drug-likeness (QED) is 0.241. The zero-order valence-electron chi connectivity index (χ0n) is 13.6. The van der Waals surface area contributed by atoms with Crippen LogP contribution in [0.5, 0.6) is 0 Å². The van der Waals surface area contributed by atoms with Crippen LogP contribution in [0.1, 0.15) is 0 Å². The maximum Gasteiger partial charge on any atom is 0.344 e. The van der Waals surface area contributed by atoms with E-state index in [2.05, 4.69) is 58.9 Å². The van der Waals surface area contributed by atoms with E-state index < -0.39 is 0 Å². The van der Waals surface area contributed by atoms with Crippen molar-refractivity contribution >= 4 is 76.4 Å². The summed E-state index contributed by atoms with van der Waals surface area (Å²) in [5.74, 6) is 0. The molecule has 0 amide bonds. The smallest absolute Gasteiger partial charge is 0.344 e. The Hall–Kier alpha value is -2.91. The summed E-state index contributed by atoms with van der Waals surface area (Å²) in [5.41, 5.74) is 0.0945. The van der Waals surface area contributed by atoms with E-state index in [0.717, 1.165) is 31.4 Å². The average molecular weight is 399 g/mol. The third-order valence-corrected chi connectivity index (χ3v) is 6.16. The number of hydrogen-bond acceptors (Lipinski definition) is 2. The molecule has 6 rings (SSSR count). The minimum Gasteiger partial charge on any atom is -0.423 e. The Bertz CT molecular complexity index is 1550. The second kappa shape index (κ2) is 4.63. The van der Waals surface area contributed by atoms with Gasteiger partial charge in [-0.25, -0.2) is 4.79 Å². The van der Waals surface area contributed by atoms with Crippen LogP contribution in [0, 0.1) is 0 Å². The van der Waals surface area contributed by atoms with Gasteiger partial charge in [-0.2, -0.15) is 0 Å². The van der Waals surface area contributed by atoms with Crippen LogP contribution in [-0.4, -0.2) is 0 Å². The molecule has 0 saturated heterocycles. The summed E-state index contributed by atoms with van der Waals surface area (Å²) in [4.78, 5) is 12.4. The fourth-order valence-electron chi connectivity index (χ4n) is 4.39. The van der Waals surface area contributed by atoms with Crippen molar-refractivity contribution in [3.05, 3.63) is 74.9 Å². The van der Waals surface area contributed by atoms with Crippen LogP contribution in [0.4, 0.5) is 0 Å². The highest BCUT2D eigenvalue weighted by molar-refractivity contribution is 9.10. The minimum absolute atomic E-state index is 0.328. The SMILES string of the molecule is C=c1oc(=O)c2ccc3c4cccc5c(Br)ccc(c6ccc1c2c63)c54. The predicted octanol–water partition coefficient (Wildman–Crippen LogP) is 5.74. The first-order valence-corrected chi connectivity index (χ1v) is 9.17. The van der Waals surface area contributed by atoms with E-state index in [1.165, 1.54) is 21.5 Å². The molecule has 5 aromatic carbocycles. The average Bonchev–Trinajstić information content (AvgIpc) is 2.66. The molecule has 0 saturated carbocycles. The maximum atomic E-state index is 12.4. The van der Waals surface area contributed by atoms with Gasteiger partial charge in [0.15, 0.2) is 0 Å². The number of halogens is 1. The second-order valence-corrected chi connectivity index (χ2v) is 7.56. The molecular formula is C23H11BrO2. The standard InChI is InChI=1S/C23H11BrO2/c1-11-12-5-6-16-14-9-10-19(24)17-4-2-3-13(20(14)17)15-7-8-18(23(25)26-11)21(12)22(15)16/h2-10H,1H2. The lowest BCUT2D eigenvalue weighted by Gasteiger charge is -2.16. The van der Waals surface area contributed by atoms with Gasteiger partial charge in [-0.05, 0) is 55.9 Å². The zero-order chi connectivity index (χ0) is 17.6. The fraction of sp³-hybridized carbons (Fsp3) is 0. The molecule has 0 radical (unpaired) electrons. The van der Waals surface area contributed by atoms with Gasteiger partial charge < -0.3 is 4.42 Å². The molecule has 0 spiro atoms. The van der Waals surface area contributed by atoms with E-state index in [4.69, 9.17) is 4.42 Å². The molecule has 6 aromatic rings. The summed E-state index contributed by atoms with van der Waals surface area (Å²) in [5, 5.41) is 10.7. The molecule has 0 atom stereocenters. The van der Waals surface area contributed by atoms with Crippen LogP contribution >= 0.6 is 15.9 Å². The maximum absolute atomic E-state index is 12.4. The van der Waals surface area contributed by atoms with Gasteiger partial charge in [0.2, 0.25) is 0 Å². The first-order chi connectivity index (χ1) is 12.6. The minimum atomic E-state index is -0.328. The highest BCUT2D eigenvalue weighted by atomic mass is 79.9. The lowest BCUT2D eigenvalue weighted by molar-refractivity contribution is 0.494. The molecule has 1 aromatic heterocycles. The Morgan fingerprint density at radius 1 is 0.654 bits per heavy atom. The first kappa shape index (κ1) is 14.3. The Balaban J connectivity index is 2.11. The Morgan fingerprint density at radius 2 is 1.19 bits per heavy atom. The molecule has 0 unspecified atom stereocenters. The van der Waals surface area contributed by atoms with Crippen molar-refractivity contribution in [1.29, 1.82) is 0 Å². The molecular weight excluding hydrogens is 388 g/mol. The Morgan fingerprint density at radius 3 is 2.00 bits per heavy atom. The van der Waals surface area contributed by atoms with E-state index in [-0.39, 0.29) is 5.63 Å². The van der Waals surface area contributed by atoms with E-state index in [1.54, 1.807) is 0 Å². The molecule has 0 aliphatic carbocycles. The summed E-state index contributed by atoms with van der Waals surface area (Å²) >= 11 is 3.68. The van der Waals surface area contributed by atoms with E-state index >= 15 is 0 Å². The Labute approximate surface area is 155 Å². The van der Waals surface area contributed by atoms with Crippen molar-refractivity contribution < 1.29 is 4.42 Å². The molecule has 2 nitrogen and oxygen atoms in total. The van der Waals surface area contributed by atoms with Crippen molar-refractivity contribution in [3.63, 3.8) is 0 Å². The topological polar surface area (TPSA) is 30.2 Å². The van der Waals surface area contributed by atoms with Crippen LogP contribution in [0.25, 0.3) is 60.4 Å². The lowest BCUT2D eigenvalue weighted by Crippen LogP contribution is -2.12. The highest BCUT2D eigenvalue weighted by Gasteiger charge is 2.17. The number of benzene rings is 5. The van der Waals surface area contributed by atoms with Crippen LogP contribution in [0.15, 0.2) is 68.3 Å². The largest absolute Gasteiger partial charge is 0.423 e. The fourth-order valence-corrected chi connectivity index (χ4v) is 4.85. The molecule has 0 N–H and O–H groups in total. The van der Waals surface area contributed by atoms with Crippen LogP contribution in [-0.2, 0) is 0 Å². The number of rotatable bonds is 0. The summed E-state index contributed by atoms with van der Waals surface area (Å²) < 4.78 is 6.42. The predicted molar refractivity (Wildman–Crippen MR) is 112 cm³/mol. The number of fused-ring (bicyclic) bond motifs is 2. The van der Waals surface area contributed by atoms with Gasteiger partial charge in [0, 0.05) is 15.2 Å². The van der Waals surface area contributed by atoms with Crippen LogP contribution in [0.3, 0.4) is 0 Å². The molecule has 0 aliphatic heterocycles.